The molecule has 0 fully saturated rings. The van der Waals surface area contributed by atoms with Crippen LogP contribution in [0.3, 0.4) is 0 Å². The van der Waals surface area contributed by atoms with E-state index in [9.17, 15) is 14.0 Å². The summed E-state index contributed by atoms with van der Waals surface area (Å²) in [6.07, 6.45) is -1.10. The Balaban J connectivity index is 2.05. The molecule has 23 heavy (non-hydrogen) atoms. The molecule has 2 rings (SSSR count). The lowest BCUT2D eigenvalue weighted by atomic mass is 10.1. The summed E-state index contributed by atoms with van der Waals surface area (Å²) in [7, 11) is 0. The van der Waals surface area contributed by atoms with Gasteiger partial charge in [0.25, 0.3) is 5.91 Å². The molecule has 2 aromatic carbocycles. The SMILES string of the molecule is Cc1cccc(C(=O)O[C@H](C)C(=O)Nc2ccccc2F)c1N. The number of aryl methyl sites for hydroxylation is 1. The molecule has 0 aliphatic heterocycles. The summed E-state index contributed by atoms with van der Waals surface area (Å²) in [6.45, 7) is 3.17. The van der Waals surface area contributed by atoms with Crippen LogP contribution < -0.4 is 11.1 Å². The lowest BCUT2D eigenvalue weighted by Gasteiger charge is -2.15. The monoisotopic (exact) mass is 316 g/mol. The van der Waals surface area contributed by atoms with E-state index in [1.54, 1.807) is 25.1 Å². The molecular formula is C17H17FN2O3. The summed E-state index contributed by atoms with van der Waals surface area (Å²) < 4.78 is 18.6. The summed E-state index contributed by atoms with van der Waals surface area (Å²) in [4.78, 5) is 24.1. The van der Waals surface area contributed by atoms with Crippen molar-refractivity contribution in [3.63, 3.8) is 0 Å². The number of carbonyl (C=O) groups is 2. The number of nitrogen functional groups attached to an aromatic ring is 1. The molecule has 0 saturated heterocycles. The van der Waals surface area contributed by atoms with E-state index in [1.807, 2.05) is 0 Å². The number of esters is 1. The van der Waals surface area contributed by atoms with E-state index in [4.69, 9.17) is 10.5 Å². The molecule has 0 radical (unpaired) electrons. The molecule has 0 spiro atoms. The van der Waals surface area contributed by atoms with E-state index in [0.29, 0.717) is 5.69 Å². The van der Waals surface area contributed by atoms with Gasteiger partial charge in [0, 0.05) is 5.69 Å². The van der Waals surface area contributed by atoms with Gasteiger partial charge in [0.2, 0.25) is 0 Å². The van der Waals surface area contributed by atoms with Gasteiger partial charge < -0.3 is 15.8 Å². The highest BCUT2D eigenvalue weighted by molar-refractivity contribution is 5.99. The molecule has 0 unspecified atom stereocenters. The Morgan fingerprint density at radius 2 is 1.87 bits per heavy atom. The predicted molar refractivity (Wildman–Crippen MR) is 85.5 cm³/mol. The van der Waals surface area contributed by atoms with Gasteiger partial charge in [0.05, 0.1) is 11.3 Å². The second kappa shape index (κ2) is 6.91. The smallest absolute Gasteiger partial charge is 0.341 e. The Labute approximate surface area is 133 Å². The average molecular weight is 316 g/mol. The molecule has 1 amide bonds. The van der Waals surface area contributed by atoms with Crippen molar-refractivity contribution in [1.82, 2.24) is 0 Å². The molecule has 2 aromatic rings. The first-order valence-electron chi connectivity index (χ1n) is 7.01. The molecule has 0 aliphatic carbocycles. The highest BCUT2D eigenvalue weighted by Crippen LogP contribution is 2.18. The van der Waals surface area contributed by atoms with Gasteiger partial charge in [-0.15, -0.1) is 0 Å². The van der Waals surface area contributed by atoms with Crippen LogP contribution in [0.4, 0.5) is 15.8 Å². The Bertz CT molecular complexity index is 746. The highest BCUT2D eigenvalue weighted by Gasteiger charge is 2.21. The van der Waals surface area contributed by atoms with E-state index in [2.05, 4.69) is 5.32 Å². The minimum absolute atomic E-state index is 0.0236. The number of hydrogen-bond acceptors (Lipinski definition) is 4. The highest BCUT2D eigenvalue weighted by atomic mass is 19.1. The van der Waals surface area contributed by atoms with Crippen LogP contribution in [0.25, 0.3) is 0 Å². The van der Waals surface area contributed by atoms with E-state index in [1.165, 1.54) is 31.2 Å². The molecule has 0 aromatic heterocycles. The van der Waals surface area contributed by atoms with Gasteiger partial charge in [-0.1, -0.05) is 24.3 Å². The number of anilines is 2. The minimum Gasteiger partial charge on any atom is -0.449 e. The van der Waals surface area contributed by atoms with Crippen LogP contribution in [-0.4, -0.2) is 18.0 Å². The summed E-state index contributed by atoms with van der Waals surface area (Å²) in [6, 6.07) is 10.7. The van der Waals surface area contributed by atoms with Gasteiger partial charge in [-0.3, -0.25) is 4.79 Å². The number of carbonyl (C=O) groups excluding carboxylic acids is 2. The van der Waals surface area contributed by atoms with Crippen molar-refractivity contribution in [3.05, 3.63) is 59.4 Å². The Morgan fingerprint density at radius 3 is 2.57 bits per heavy atom. The maximum absolute atomic E-state index is 13.5. The number of rotatable bonds is 4. The normalized spacial score (nSPS) is 11.6. The maximum atomic E-state index is 13.5. The number of ether oxygens (including phenoxy) is 1. The first-order valence-corrected chi connectivity index (χ1v) is 7.01. The van der Waals surface area contributed by atoms with Crippen molar-refractivity contribution in [2.45, 2.75) is 20.0 Å². The molecule has 6 heteroatoms. The molecule has 1 atom stereocenters. The van der Waals surface area contributed by atoms with Gasteiger partial charge in [-0.2, -0.15) is 0 Å². The van der Waals surface area contributed by atoms with Crippen molar-refractivity contribution in [2.75, 3.05) is 11.1 Å². The predicted octanol–water partition coefficient (Wildman–Crippen LogP) is 2.90. The van der Waals surface area contributed by atoms with Gasteiger partial charge in [0.15, 0.2) is 6.10 Å². The summed E-state index contributed by atoms with van der Waals surface area (Å²) in [5.74, 6) is -1.90. The topological polar surface area (TPSA) is 81.4 Å². The number of nitrogens with two attached hydrogens (primary N) is 1. The molecule has 0 bridgehead atoms. The molecule has 0 heterocycles. The lowest BCUT2D eigenvalue weighted by Crippen LogP contribution is -2.30. The summed E-state index contributed by atoms with van der Waals surface area (Å²) in [5.41, 5.74) is 7.09. The van der Waals surface area contributed by atoms with Crippen LogP contribution in [0.1, 0.15) is 22.8 Å². The van der Waals surface area contributed by atoms with Crippen LogP contribution in [0.5, 0.6) is 0 Å². The Morgan fingerprint density at radius 1 is 1.17 bits per heavy atom. The van der Waals surface area contributed by atoms with Gasteiger partial charge in [0.1, 0.15) is 5.82 Å². The first-order chi connectivity index (χ1) is 10.9. The molecule has 3 N–H and O–H groups in total. The second-order valence-electron chi connectivity index (χ2n) is 5.05. The van der Waals surface area contributed by atoms with E-state index in [0.717, 1.165) is 5.56 Å². The molecule has 0 aliphatic rings. The molecular weight excluding hydrogens is 299 g/mol. The van der Waals surface area contributed by atoms with Crippen LogP contribution in [-0.2, 0) is 9.53 Å². The zero-order chi connectivity index (χ0) is 17.0. The Hall–Kier alpha value is -2.89. The van der Waals surface area contributed by atoms with Crippen LogP contribution >= 0.6 is 0 Å². The maximum Gasteiger partial charge on any atom is 0.341 e. The molecule has 120 valence electrons. The first kappa shape index (κ1) is 16.5. The second-order valence-corrected chi connectivity index (χ2v) is 5.05. The zero-order valence-electron chi connectivity index (χ0n) is 12.8. The van der Waals surface area contributed by atoms with Crippen molar-refractivity contribution < 1.29 is 18.7 Å². The number of nitrogens with one attached hydrogen (secondary N) is 1. The van der Waals surface area contributed by atoms with Gasteiger partial charge in [-0.25, -0.2) is 9.18 Å². The third-order valence-electron chi connectivity index (χ3n) is 3.33. The zero-order valence-corrected chi connectivity index (χ0v) is 12.8. The third-order valence-corrected chi connectivity index (χ3v) is 3.33. The van der Waals surface area contributed by atoms with Crippen LogP contribution in [0, 0.1) is 12.7 Å². The summed E-state index contributed by atoms with van der Waals surface area (Å²) >= 11 is 0. The van der Waals surface area contributed by atoms with Crippen LogP contribution in [0.15, 0.2) is 42.5 Å². The minimum atomic E-state index is -1.10. The van der Waals surface area contributed by atoms with E-state index in [-0.39, 0.29) is 11.3 Å². The molecule has 5 nitrogen and oxygen atoms in total. The van der Waals surface area contributed by atoms with Gasteiger partial charge in [-0.05, 0) is 37.6 Å². The van der Waals surface area contributed by atoms with E-state index < -0.39 is 23.8 Å². The number of amides is 1. The fourth-order valence-electron chi connectivity index (χ4n) is 1.93. The third kappa shape index (κ3) is 3.85. The van der Waals surface area contributed by atoms with Gasteiger partial charge >= 0.3 is 5.97 Å². The number of para-hydroxylation sites is 2. The van der Waals surface area contributed by atoms with Crippen molar-refractivity contribution in [2.24, 2.45) is 0 Å². The number of hydrogen-bond donors (Lipinski definition) is 2. The fraction of sp³-hybridized carbons (Fsp3) is 0.176. The van der Waals surface area contributed by atoms with Crippen molar-refractivity contribution >= 4 is 23.3 Å². The summed E-state index contributed by atoms with van der Waals surface area (Å²) in [5, 5.41) is 2.37. The standard InChI is InChI=1S/C17H17FN2O3/c1-10-6-5-7-12(15(10)19)17(22)23-11(2)16(21)20-14-9-4-3-8-13(14)18/h3-9,11H,19H2,1-2H3,(H,20,21)/t11-/m1/s1. The Kier molecular flexibility index (Phi) is 4.95. The fourth-order valence-corrected chi connectivity index (χ4v) is 1.93. The average Bonchev–Trinajstić information content (AvgIpc) is 2.52. The quantitative estimate of drug-likeness (QED) is 0.671. The number of halogens is 1. The largest absolute Gasteiger partial charge is 0.449 e. The van der Waals surface area contributed by atoms with Crippen molar-refractivity contribution in [1.29, 1.82) is 0 Å². The lowest BCUT2D eigenvalue weighted by molar-refractivity contribution is -0.123. The van der Waals surface area contributed by atoms with E-state index >= 15 is 0 Å². The number of benzene rings is 2. The van der Waals surface area contributed by atoms with Crippen LogP contribution in [0.2, 0.25) is 0 Å². The molecule has 0 saturated carbocycles. The van der Waals surface area contributed by atoms with Crippen molar-refractivity contribution in [3.8, 4) is 0 Å².